The number of nitrogens with zero attached hydrogens (tertiary/aromatic N) is 3. The first-order chi connectivity index (χ1) is 10.1. The summed E-state index contributed by atoms with van der Waals surface area (Å²) in [5.41, 5.74) is 0.973. The molecule has 120 valence electrons. The van der Waals surface area contributed by atoms with Crippen molar-refractivity contribution in [2.24, 2.45) is 0 Å². The SMILES string of the molecule is CCCN(CCCCc1nc(CCl)cs1)CC(=O)N(C)C. The van der Waals surface area contributed by atoms with Gasteiger partial charge in [-0.15, -0.1) is 22.9 Å². The van der Waals surface area contributed by atoms with E-state index in [4.69, 9.17) is 11.6 Å². The van der Waals surface area contributed by atoms with Crippen molar-refractivity contribution in [3.05, 3.63) is 16.1 Å². The van der Waals surface area contributed by atoms with Crippen molar-refractivity contribution in [1.29, 1.82) is 0 Å². The Balaban J connectivity index is 2.27. The fraction of sp³-hybridized carbons (Fsp3) is 0.733. The van der Waals surface area contributed by atoms with Crippen LogP contribution in [-0.4, -0.2) is 54.4 Å². The summed E-state index contributed by atoms with van der Waals surface area (Å²) < 4.78 is 0. The van der Waals surface area contributed by atoms with Crippen LogP contribution in [0, 0.1) is 0 Å². The first-order valence-electron chi connectivity index (χ1n) is 7.48. The molecule has 0 fully saturated rings. The van der Waals surface area contributed by atoms with Gasteiger partial charge in [0.05, 0.1) is 23.1 Å². The lowest BCUT2D eigenvalue weighted by atomic mass is 10.2. The number of thiazole rings is 1. The smallest absolute Gasteiger partial charge is 0.236 e. The predicted molar refractivity (Wildman–Crippen MR) is 90.0 cm³/mol. The van der Waals surface area contributed by atoms with Crippen molar-refractivity contribution in [3.8, 4) is 0 Å². The number of alkyl halides is 1. The molecule has 0 aliphatic heterocycles. The van der Waals surface area contributed by atoms with Crippen LogP contribution in [0.3, 0.4) is 0 Å². The van der Waals surface area contributed by atoms with Crippen LogP contribution in [0.25, 0.3) is 0 Å². The topological polar surface area (TPSA) is 36.4 Å². The fourth-order valence-corrected chi connectivity index (χ4v) is 3.12. The average Bonchev–Trinajstić information content (AvgIpc) is 2.91. The Morgan fingerprint density at radius 3 is 2.67 bits per heavy atom. The Bertz CT molecular complexity index is 423. The van der Waals surface area contributed by atoms with Gasteiger partial charge in [0.15, 0.2) is 0 Å². The molecular weight excluding hydrogens is 306 g/mol. The summed E-state index contributed by atoms with van der Waals surface area (Å²) in [7, 11) is 3.62. The summed E-state index contributed by atoms with van der Waals surface area (Å²) in [6.07, 6.45) is 4.28. The highest BCUT2D eigenvalue weighted by molar-refractivity contribution is 7.09. The summed E-state index contributed by atoms with van der Waals surface area (Å²) in [5, 5.41) is 3.19. The number of hydrogen-bond acceptors (Lipinski definition) is 4. The number of unbranched alkanes of at least 4 members (excludes halogenated alkanes) is 1. The molecule has 0 aromatic carbocycles. The number of rotatable bonds is 10. The van der Waals surface area contributed by atoms with Crippen LogP contribution >= 0.6 is 22.9 Å². The van der Waals surface area contributed by atoms with Gasteiger partial charge in [-0.05, 0) is 38.8 Å². The van der Waals surface area contributed by atoms with Crippen LogP contribution < -0.4 is 0 Å². The highest BCUT2D eigenvalue weighted by atomic mass is 35.5. The summed E-state index contributed by atoms with van der Waals surface area (Å²) in [5.74, 6) is 0.670. The van der Waals surface area contributed by atoms with Crippen LogP contribution in [-0.2, 0) is 17.1 Å². The summed E-state index contributed by atoms with van der Waals surface area (Å²) in [6, 6.07) is 0. The standard InChI is InChI=1S/C15H26ClN3OS/c1-4-8-19(11-15(20)18(2)3)9-6-5-7-14-17-13(10-16)12-21-14/h12H,4-11H2,1-3H3. The van der Waals surface area contributed by atoms with E-state index in [9.17, 15) is 4.79 Å². The Kier molecular flexibility index (Phi) is 8.88. The van der Waals surface area contributed by atoms with Crippen LogP contribution in [0.1, 0.15) is 36.9 Å². The first-order valence-corrected chi connectivity index (χ1v) is 8.90. The van der Waals surface area contributed by atoms with Crippen LogP contribution in [0.2, 0.25) is 0 Å². The molecule has 0 radical (unpaired) electrons. The molecule has 0 saturated heterocycles. The Morgan fingerprint density at radius 2 is 2.10 bits per heavy atom. The molecule has 0 unspecified atom stereocenters. The molecule has 1 aromatic rings. The second-order valence-electron chi connectivity index (χ2n) is 5.39. The molecule has 21 heavy (non-hydrogen) atoms. The van der Waals surface area contributed by atoms with Crippen molar-refractivity contribution in [2.75, 3.05) is 33.7 Å². The maximum Gasteiger partial charge on any atom is 0.236 e. The number of hydrogen-bond donors (Lipinski definition) is 0. The van der Waals surface area contributed by atoms with Gasteiger partial charge in [0.1, 0.15) is 0 Å². The van der Waals surface area contributed by atoms with Gasteiger partial charge in [-0.2, -0.15) is 0 Å². The van der Waals surface area contributed by atoms with E-state index in [0.717, 1.165) is 49.5 Å². The van der Waals surface area contributed by atoms with Crippen molar-refractivity contribution in [2.45, 2.75) is 38.5 Å². The van der Waals surface area contributed by atoms with Gasteiger partial charge >= 0.3 is 0 Å². The van der Waals surface area contributed by atoms with Gasteiger partial charge in [0.25, 0.3) is 0 Å². The van der Waals surface area contributed by atoms with E-state index < -0.39 is 0 Å². The molecule has 1 aromatic heterocycles. The number of carbonyl (C=O) groups is 1. The largest absolute Gasteiger partial charge is 0.348 e. The van der Waals surface area contributed by atoms with Crippen LogP contribution in [0.4, 0.5) is 0 Å². The van der Waals surface area contributed by atoms with Crippen molar-refractivity contribution < 1.29 is 4.79 Å². The molecule has 1 heterocycles. The molecule has 0 spiro atoms. The maximum atomic E-state index is 11.8. The lowest BCUT2D eigenvalue weighted by Crippen LogP contribution is -2.37. The molecule has 0 saturated carbocycles. The lowest BCUT2D eigenvalue weighted by molar-refractivity contribution is -0.129. The monoisotopic (exact) mass is 331 g/mol. The number of amides is 1. The van der Waals surface area contributed by atoms with Crippen LogP contribution in [0.5, 0.6) is 0 Å². The number of aromatic nitrogens is 1. The van der Waals surface area contributed by atoms with Gasteiger partial charge in [0.2, 0.25) is 5.91 Å². The second-order valence-corrected chi connectivity index (χ2v) is 6.60. The highest BCUT2D eigenvalue weighted by Gasteiger charge is 2.11. The molecule has 1 rings (SSSR count). The number of aryl methyl sites for hydroxylation is 1. The third-order valence-corrected chi connectivity index (χ3v) is 4.48. The van der Waals surface area contributed by atoms with Crippen molar-refractivity contribution in [3.63, 3.8) is 0 Å². The third-order valence-electron chi connectivity index (χ3n) is 3.25. The quantitative estimate of drug-likeness (QED) is 0.488. The molecule has 0 aliphatic rings. The minimum absolute atomic E-state index is 0.176. The second kappa shape index (κ2) is 10.1. The van der Waals surface area contributed by atoms with E-state index in [-0.39, 0.29) is 5.91 Å². The van der Waals surface area contributed by atoms with E-state index >= 15 is 0 Å². The minimum atomic E-state index is 0.176. The van der Waals surface area contributed by atoms with Gasteiger partial charge < -0.3 is 4.90 Å². The average molecular weight is 332 g/mol. The van der Waals surface area contributed by atoms with E-state index in [0.29, 0.717) is 12.4 Å². The number of likely N-dealkylation sites (N-methyl/N-ethyl adjacent to an activating group) is 1. The molecule has 0 N–H and O–H groups in total. The molecule has 0 atom stereocenters. The minimum Gasteiger partial charge on any atom is -0.348 e. The van der Waals surface area contributed by atoms with Gasteiger partial charge in [-0.25, -0.2) is 4.98 Å². The predicted octanol–water partition coefficient (Wildman–Crippen LogP) is 3.00. The number of carbonyl (C=O) groups excluding carboxylic acids is 1. The number of halogens is 1. The molecule has 4 nitrogen and oxygen atoms in total. The lowest BCUT2D eigenvalue weighted by Gasteiger charge is -2.22. The third kappa shape index (κ3) is 7.25. The normalized spacial score (nSPS) is 11.1. The van der Waals surface area contributed by atoms with Crippen LogP contribution in [0.15, 0.2) is 5.38 Å². The van der Waals surface area contributed by atoms with Gasteiger partial charge in [-0.1, -0.05) is 6.92 Å². The summed E-state index contributed by atoms with van der Waals surface area (Å²) in [4.78, 5) is 20.2. The van der Waals surface area contributed by atoms with Crippen molar-refractivity contribution >= 4 is 28.8 Å². The Hall–Kier alpha value is -0.650. The zero-order valence-electron chi connectivity index (χ0n) is 13.3. The maximum absolute atomic E-state index is 11.8. The van der Waals surface area contributed by atoms with Gasteiger partial charge in [0, 0.05) is 19.5 Å². The zero-order valence-corrected chi connectivity index (χ0v) is 14.8. The molecule has 0 aliphatic carbocycles. The molecule has 0 bridgehead atoms. The van der Waals surface area contributed by atoms with E-state index in [1.165, 1.54) is 0 Å². The van der Waals surface area contributed by atoms with Crippen molar-refractivity contribution in [1.82, 2.24) is 14.8 Å². The van der Waals surface area contributed by atoms with E-state index in [1.807, 2.05) is 19.5 Å². The van der Waals surface area contributed by atoms with Gasteiger partial charge in [-0.3, -0.25) is 9.69 Å². The molecule has 1 amide bonds. The molecular formula is C15H26ClN3OS. The molecule has 6 heteroatoms. The summed E-state index contributed by atoms with van der Waals surface area (Å²) in [6.45, 7) is 4.62. The highest BCUT2D eigenvalue weighted by Crippen LogP contribution is 2.14. The first kappa shape index (κ1) is 18.4. The Labute approximate surface area is 137 Å². The van der Waals surface area contributed by atoms with E-state index in [1.54, 1.807) is 16.2 Å². The Morgan fingerprint density at radius 1 is 1.33 bits per heavy atom. The fourth-order valence-electron chi connectivity index (χ4n) is 2.06. The van der Waals surface area contributed by atoms with E-state index in [2.05, 4.69) is 16.8 Å². The summed E-state index contributed by atoms with van der Waals surface area (Å²) >= 11 is 7.44. The zero-order chi connectivity index (χ0) is 15.7.